The SMILES string of the molecule is CC1C=C(NC(=O)Nc2cccc(C(F)(F)F)c2)C=CC1c1nn([C@@H]2CCN(C(=O)Nc3cccc(C(F)(F)F)c3)C2)c2ncnc(N)c12. The fraction of sp³-hybridized carbons (Fsp3) is 0.281. The first-order chi connectivity index (χ1) is 23.2. The summed E-state index contributed by atoms with van der Waals surface area (Å²) in [6.45, 7) is 2.41. The Bertz CT molecular complexity index is 1970. The molecule has 11 nitrogen and oxygen atoms in total. The van der Waals surface area contributed by atoms with Crippen molar-refractivity contribution in [2.75, 3.05) is 29.5 Å². The van der Waals surface area contributed by atoms with Crippen LogP contribution in [0, 0.1) is 5.92 Å². The average Bonchev–Trinajstić information content (AvgIpc) is 3.67. The molecule has 1 fully saturated rings. The van der Waals surface area contributed by atoms with Crippen LogP contribution in [0.5, 0.6) is 0 Å². The number of aromatic nitrogens is 4. The number of urea groups is 2. The van der Waals surface area contributed by atoms with Crippen molar-refractivity contribution in [3.63, 3.8) is 0 Å². The van der Waals surface area contributed by atoms with Gasteiger partial charge in [0.05, 0.1) is 28.2 Å². The summed E-state index contributed by atoms with van der Waals surface area (Å²) < 4.78 is 80.3. The van der Waals surface area contributed by atoms with Gasteiger partial charge in [0.2, 0.25) is 0 Å². The highest BCUT2D eigenvalue weighted by Gasteiger charge is 2.35. The number of hydrogen-bond acceptors (Lipinski definition) is 6. The molecule has 3 heterocycles. The van der Waals surface area contributed by atoms with E-state index in [1.54, 1.807) is 16.8 Å². The van der Waals surface area contributed by atoms with E-state index in [0.717, 1.165) is 24.3 Å². The number of nitrogens with two attached hydrogens (primary N) is 1. The lowest BCUT2D eigenvalue weighted by molar-refractivity contribution is -0.138. The number of carbonyl (C=O) groups excluding carboxylic acids is 2. The third kappa shape index (κ3) is 7.14. The second-order valence-corrected chi connectivity index (χ2v) is 11.7. The number of carbonyl (C=O) groups is 2. The maximum absolute atomic E-state index is 13.1. The zero-order valence-electron chi connectivity index (χ0n) is 25.7. The highest BCUT2D eigenvalue weighted by atomic mass is 19.4. The molecule has 4 amide bonds. The molecule has 49 heavy (non-hydrogen) atoms. The van der Waals surface area contributed by atoms with E-state index in [0.29, 0.717) is 35.4 Å². The summed E-state index contributed by atoms with van der Waals surface area (Å²) in [7, 11) is 0. The number of rotatable bonds is 5. The number of alkyl halides is 6. The Morgan fingerprint density at radius 1 is 0.918 bits per heavy atom. The molecule has 3 atom stereocenters. The minimum absolute atomic E-state index is 0.0174. The van der Waals surface area contributed by atoms with Crippen molar-refractivity contribution in [2.24, 2.45) is 5.92 Å². The molecule has 2 aliphatic rings. The van der Waals surface area contributed by atoms with Crippen molar-refractivity contribution >= 4 is 40.3 Å². The lowest BCUT2D eigenvalue weighted by Crippen LogP contribution is -2.33. The van der Waals surface area contributed by atoms with Gasteiger partial charge in [0.15, 0.2) is 5.65 Å². The van der Waals surface area contributed by atoms with Crippen LogP contribution in [0.25, 0.3) is 11.0 Å². The molecule has 2 aromatic carbocycles. The van der Waals surface area contributed by atoms with Gasteiger partial charge in [-0.25, -0.2) is 24.2 Å². The first kappa shape index (κ1) is 33.3. The molecule has 2 aromatic heterocycles. The van der Waals surface area contributed by atoms with E-state index in [1.807, 2.05) is 13.0 Å². The fourth-order valence-electron chi connectivity index (χ4n) is 5.93. The number of halogens is 6. The minimum atomic E-state index is -4.56. The number of hydrogen-bond donors (Lipinski definition) is 4. The summed E-state index contributed by atoms with van der Waals surface area (Å²) in [5, 5.41) is 13.0. The lowest BCUT2D eigenvalue weighted by Gasteiger charge is -2.22. The van der Waals surface area contributed by atoms with E-state index in [1.165, 1.54) is 35.5 Å². The van der Waals surface area contributed by atoms with E-state index < -0.39 is 35.5 Å². The van der Waals surface area contributed by atoms with Gasteiger partial charge in [-0.3, -0.25) is 0 Å². The molecule has 0 bridgehead atoms. The topological polar surface area (TPSA) is 143 Å². The maximum atomic E-state index is 13.1. The van der Waals surface area contributed by atoms with Crippen molar-refractivity contribution in [3.8, 4) is 0 Å². The summed E-state index contributed by atoms with van der Waals surface area (Å²) in [6.07, 6.45) is -2.08. The number of nitrogens with zero attached hydrogens (tertiary/aromatic N) is 5. The first-order valence-corrected chi connectivity index (χ1v) is 15.0. The third-order valence-electron chi connectivity index (χ3n) is 8.30. The summed E-state index contributed by atoms with van der Waals surface area (Å²) in [6, 6.07) is 7.07. The van der Waals surface area contributed by atoms with Crippen LogP contribution in [0.1, 0.15) is 42.1 Å². The Labute approximate surface area is 274 Å². The van der Waals surface area contributed by atoms with Crippen molar-refractivity contribution in [2.45, 2.75) is 37.7 Å². The second kappa shape index (κ2) is 12.8. The van der Waals surface area contributed by atoms with Crippen molar-refractivity contribution in [3.05, 3.63) is 95.6 Å². The van der Waals surface area contributed by atoms with Gasteiger partial charge in [-0.15, -0.1) is 0 Å². The largest absolute Gasteiger partial charge is 0.416 e. The molecular formula is C32H29F6N9O2. The van der Waals surface area contributed by atoms with Gasteiger partial charge in [-0.2, -0.15) is 31.4 Å². The number of benzene rings is 2. The van der Waals surface area contributed by atoms with Crippen LogP contribution in [0.4, 0.5) is 53.1 Å². The number of nitrogen functional groups attached to an aromatic ring is 1. The van der Waals surface area contributed by atoms with Gasteiger partial charge >= 0.3 is 24.4 Å². The monoisotopic (exact) mass is 685 g/mol. The molecule has 1 saturated heterocycles. The molecule has 0 saturated carbocycles. The molecule has 0 radical (unpaired) electrons. The number of anilines is 3. The van der Waals surface area contributed by atoms with E-state index in [2.05, 4.69) is 25.9 Å². The zero-order chi connectivity index (χ0) is 35.1. The summed E-state index contributed by atoms with van der Waals surface area (Å²) in [5.41, 5.74) is 5.95. The predicted octanol–water partition coefficient (Wildman–Crippen LogP) is 6.92. The highest BCUT2D eigenvalue weighted by Crippen LogP contribution is 2.38. The van der Waals surface area contributed by atoms with Gasteiger partial charge < -0.3 is 26.6 Å². The number of likely N-dealkylation sites (tertiary alicyclic amines) is 1. The fourth-order valence-corrected chi connectivity index (χ4v) is 5.93. The Morgan fingerprint density at radius 3 is 2.20 bits per heavy atom. The lowest BCUT2D eigenvalue weighted by atomic mass is 9.85. The van der Waals surface area contributed by atoms with Crippen LogP contribution in [-0.2, 0) is 12.4 Å². The van der Waals surface area contributed by atoms with Gasteiger partial charge in [0, 0.05) is 36.1 Å². The number of fused-ring (bicyclic) bond motifs is 1. The normalized spacial score (nSPS) is 19.5. The molecule has 0 spiro atoms. The van der Waals surface area contributed by atoms with Crippen molar-refractivity contribution in [1.82, 2.24) is 30.0 Å². The third-order valence-corrected chi connectivity index (χ3v) is 8.30. The van der Waals surface area contributed by atoms with Gasteiger partial charge in [0.1, 0.15) is 12.1 Å². The van der Waals surface area contributed by atoms with Crippen molar-refractivity contribution in [1.29, 1.82) is 0 Å². The molecule has 2 unspecified atom stereocenters. The summed E-state index contributed by atoms with van der Waals surface area (Å²) in [4.78, 5) is 35.6. The summed E-state index contributed by atoms with van der Waals surface area (Å²) >= 11 is 0. The molecule has 6 rings (SSSR count). The highest BCUT2D eigenvalue weighted by molar-refractivity contribution is 5.92. The quantitative estimate of drug-likeness (QED) is 0.168. The van der Waals surface area contributed by atoms with Crippen LogP contribution in [0.15, 0.2) is 78.8 Å². The van der Waals surface area contributed by atoms with E-state index in [4.69, 9.17) is 10.8 Å². The smallest absolute Gasteiger partial charge is 0.383 e. The van der Waals surface area contributed by atoms with Gasteiger partial charge in [-0.1, -0.05) is 31.2 Å². The molecule has 17 heteroatoms. The zero-order valence-corrected chi connectivity index (χ0v) is 25.7. The van der Waals surface area contributed by atoms with Crippen LogP contribution < -0.4 is 21.7 Å². The summed E-state index contributed by atoms with van der Waals surface area (Å²) in [5.74, 6) is -0.383. The first-order valence-electron chi connectivity index (χ1n) is 15.0. The van der Waals surface area contributed by atoms with Crippen LogP contribution in [0.3, 0.4) is 0 Å². The van der Waals surface area contributed by atoms with Crippen LogP contribution in [0.2, 0.25) is 0 Å². The second-order valence-electron chi connectivity index (χ2n) is 11.7. The molecule has 1 aliphatic carbocycles. The molecule has 5 N–H and O–H groups in total. The number of amides is 4. The Hall–Kier alpha value is -5.61. The minimum Gasteiger partial charge on any atom is -0.383 e. The van der Waals surface area contributed by atoms with Crippen molar-refractivity contribution < 1.29 is 35.9 Å². The van der Waals surface area contributed by atoms with Crippen LogP contribution >= 0.6 is 0 Å². The van der Waals surface area contributed by atoms with E-state index in [-0.39, 0.29) is 41.6 Å². The van der Waals surface area contributed by atoms with E-state index >= 15 is 0 Å². The number of allylic oxidation sites excluding steroid dienone is 3. The standard InChI is InChI=1S/C32H29F6N9O2/c1-17-12-22(43-29(48)42-20-6-2-4-18(13-20)31(33,34)35)8-9-24(17)26-25-27(39)40-16-41-28(25)47(45-26)23-10-11-46(15-23)30(49)44-21-7-3-5-19(14-21)32(36,37)38/h2-9,12-14,16-17,23-24H,10-11,15H2,1H3,(H,44,49)(H2,39,40,41)(H2,42,43,48)/t17?,23-,24?/m1/s1. The van der Waals surface area contributed by atoms with Gasteiger partial charge in [-0.05, 0) is 54.8 Å². The average molecular weight is 686 g/mol. The Morgan fingerprint density at radius 2 is 1.57 bits per heavy atom. The van der Waals surface area contributed by atoms with E-state index in [9.17, 15) is 35.9 Å². The maximum Gasteiger partial charge on any atom is 0.416 e. The van der Waals surface area contributed by atoms with Gasteiger partial charge in [0.25, 0.3) is 0 Å². The molecule has 1 aliphatic heterocycles. The Balaban J connectivity index is 1.16. The molecule has 256 valence electrons. The predicted molar refractivity (Wildman–Crippen MR) is 168 cm³/mol. The molecular weight excluding hydrogens is 656 g/mol. The number of nitrogens with one attached hydrogen (secondary N) is 3. The Kier molecular flexibility index (Phi) is 8.68. The molecule has 4 aromatic rings. The van der Waals surface area contributed by atoms with Crippen LogP contribution in [-0.4, -0.2) is 49.8 Å².